The van der Waals surface area contributed by atoms with Gasteiger partial charge in [-0.15, -0.1) is 0 Å². The highest BCUT2D eigenvalue weighted by Crippen LogP contribution is 2.23. The van der Waals surface area contributed by atoms with Gasteiger partial charge in [0.05, 0.1) is 12.4 Å². The summed E-state index contributed by atoms with van der Waals surface area (Å²) in [6.45, 7) is 0. The molecule has 0 radical (unpaired) electrons. The van der Waals surface area contributed by atoms with Crippen LogP contribution in [0.5, 0.6) is 6.01 Å². The Morgan fingerprint density at radius 3 is 2.64 bits per heavy atom. The van der Waals surface area contributed by atoms with E-state index in [4.69, 9.17) is 4.74 Å². The van der Waals surface area contributed by atoms with Crippen LogP contribution in [0.25, 0.3) is 0 Å². The van der Waals surface area contributed by atoms with Gasteiger partial charge in [0.2, 0.25) is 0 Å². The summed E-state index contributed by atoms with van der Waals surface area (Å²) >= 11 is 0. The molecule has 5 heteroatoms. The average Bonchev–Trinajstić information content (AvgIpc) is 2.13. The summed E-state index contributed by atoms with van der Waals surface area (Å²) in [5.74, 6) is -0.445. The van der Waals surface area contributed by atoms with Gasteiger partial charge >= 0.3 is 6.01 Å². The molecule has 2 rings (SSSR count). The van der Waals surface area contributed by atoms with Crippen LogP contribution in [-0.4, -0.2) is 29.2 Å². The zero-order valence-corrected chi connectivity index (χ0v) is 7.90. The van der Waals surface area contributed by atoms with Crippen LogP contribution in [0, 0.1) is 5.82 Å². The van der Waals surface area contributed by atoms with Crippen molar-refractivity contribution in [1.82, 2.24) is 15.3 Å². The summed E-state index contributed by atoms with van der Waals surface area (Å²) in [6, 6.07) is 0.784. The molecule has 14 heavy (non-hydrogen) atoms. The van der Waals surface area contributed by atoms with Crippen LogP contribution in [0.15, 0.2) is 12.4 Å². The van der Waals surface area contributed by atoms with Crippen LogP contribution < -0.4 is 10.1 Å². The molecule has 0 bridgehead atoms. The molecule has 1 saturated carbocycles. The Bertz CT molecular complexity index is 297. The number of aromatic nitrogens is 2. The van der Waals surface area contributed by atoms with Crippen molar-refractivity contribution in [3.63, 3.8) is 0 Å². The first-order valence-corrected chi connectivity index (χ1v) is 4.59. The van der Waals surface area contributed by atoms with Crippen LogP contribution in [0.4, 0.5) is 4.39 Å². The second-order valence-corrected chi connectivity index (χ2v) is 3.38. The van der Waals surface area contributed by atoms with Gasteiger partial charge in [-0.1, -0.05) is 0 Å². The standard InChI is InChI=1S/C9H12FN3O/c1-11-7-2-8(3-7)14-9-12-4-6(10)5-13-9/h4-5,7-8,11H,2-3H2,1H3. The van der Waals surface area contributed by atoms with Crippen molar-refractivity contribution in [1.29, 1.82) is 0 Å². The number of rotatable bonds is 3. The lowest BCUT2D eigenvalue weighted by molar-refractivity contribution is 0.0786. The van der Waals surface area contributed by atoms with Crippen molar-refractivity contribution in [2.45, 2.75) is 25.0 Å². The fourth-order valence-electron chi connectivity index (χ4n) is 1.41. The molecular weight excluding hydrogens is 185 g/mol. The monoisotopic (exact) mass is 197 g/mol. The summed E-state index contributed by atoms with van der Waals surface area (Å²) in [5, 5.41) is 3.15. The minimum atomic E-state index is -0.445. The zero-order valence-electron chi connectivity index (χ0n) is 7.90. The lowest BCUT2D eigenvalue weighted by atomic mass is 9.89. The predicted octanol–water partition coefficient (Wildman–Crippen LogP) is 0.745. The number of nitrogens with one attached hydrogen (secondary N) is 1. The molecule has 1 aromatic rings. The smallest absolute Gasteiger partial charge is 0.316 e. The maximum absolute atomic E-state index is 12.4. The summed E-state index contributed by atoms with van der Waals surface area (Å²) in [6.07, 6.45) is 4.29. The average molecular weight is 197 g/mol. The number of halogens is 1. The van der Waals surface area contributed by atoms with E-state index in [1.54, 1.807) is 0 Å². The molecule has 0 aliphatic heterocycles. The van der Waals surface area contributed by atoms with Gasteiger partial charge in [0.1, 0.15) is 6.10 Å². The minimum absolute atomic E-state index is 0.165. The number of hydrogen-bond acceptors (Lipinski definition) is 4. The molecule has 1 heterocycles. The van der Waals surface area contributed by atoms with Gasteiger partial charge in [-0.3, -0.25) is 0 Å². The number of hydrogen-bond donors (Lipinski definition) is 1. The van der Waals surface area contributed by atoms with E-state index in [1.165, 1.54) is 0 Å². The van der Waals surface area contributed by atoms with Gasteiger partial charge in [0, 0.05) is 6.04 Å². The van der Waals surface area contributed by atoms with E-state index >= 15 is 0 Å². The van der Waals surface area contributed by atoms with Gasteiger partial charge in [-0.2, -0.15) is 0 Å². The second kappa shape index (κ2) is 3.88. The number of ether oxygens (including phenoxy) is 1. The van der Waals surface area contributed by atoms with Crippen LogP contribution >= 0.6 is 0 Å². The number of nitrogens with zero attached hydrogens (tertiary/aromatic N) is 2. The van der Waals surface area contributed by atoms with Crippen LogP contribution in [-0.2, 0) is 0 Å². The van der Waals surface area contributed by atoms with Gasteiger partial charge in [-0.05, 0) is 19.9 Å². The van der Waals surface area contributed by atoms with Crippen LogP contribution in [0.3, 0.4) is 0 Å². The summed E-state index contributed by atoms with van der Waals surface area (Å²) in [5.41, 5.74) is 0. The minimum Gasteiger partial charge on any atom is -0.460 e. The first kappa shape index (κ1) is 9.33. The molecule has 0 amide bonds. The second-order valence-electron chi connectivity index (χ2n) is 3.38. The highest BCUT2D eigenvalue weighted by Gasteiger charge is 2.29. The fourth-order valence-corrected chi connectivity index (χ4v) is 1.41. The van der Waals surface area contributed by atoms with Crippen LogP contribution in [0.1, 0.15) is 12.8 Å². The van der Waals surface area contributed by atoms with E-state index < -0.39 is 5.82 Å². The highest BCUT2D eigenvalue weighted by molar-refractivity contribution is 4.98. The van der Waals surface area contributed by atoms with E-state index in [0.717, 1.165) is 25.2 Å². The maximum Gasteiger partial charge on any atom is 0.316 e. The SMILES string of the molecule is CNC1CC(Oc2ncc(F)cn2)C1. The van der Waals surface area contributed by atoms with E-state index in [0.29, 0.717) is 6.04 Å². The van der Waals surface area contributed by atoms with E-state index in [2.05, 4.69) is 15.3 Å². The quantitative estimate of drug-likeness (QED) is 0.776. The topological polar surface area (TPSA) is 47.0 Å². The van der Waals surface area contributed by atoms with E-state index in [1.807, 2.05) is 7.05 Å². The molecular formula is C9H12FN3O. The Morgan fingerprint density at radius 1 is 1.43 bits per heavy atom. The third kappa shape index (κ3) is 1.98. The molecule has 0 unspecified atom stereocenters. The predicted molar refractivity (Wildman–Crippen MR) is 48.5 cm³/mol. The zero-order chi connectivity index (χ0) is 9.97. The molecule has 1 aliphatic rings. The lowest BCUT2D eigenvalue weighted by Crippen LogP contribution is -2.45. The summed E-state index contributed by atoms with van der Waals surface area (Å²) in [4.78, 5) is 7.44. The Balaban J connectivity index is 1.84. The molecule has 1 fully saturated rings. The molecule has 1 aliphatic carbocycles. The van der Waals surface area contributed by atoms with Gasteiger partial charge < -0.3 is 10.1 Å². The lowest BCUT2D eigenvalue weighted by Gasteiger charge is -2.34. The van der Waals surface area contributed by atoms with E-state index in [9.17, 15) is 4.39 Å². The van der Waals surface area contributed by atoms with Crippen molar-refractivity contribution >= 4 is 0 Å². The van der Waals surface area contributed by atoms with Crippen molar-refractivity contribution in [3.8, 4) is 6.01 Å². The molecule has 0 aromatic carbocycles. The Morgan fingerprint density at radius 2 is 2.07 bits per heavy atom. The Kier molecular flexibility index (Phi) is 2.58. The first-order valence-electron chi connectivity index (χ1n) is 4.59. The van der Waals surface area contributed by atoms with E-state index in [-0.39, 0.29) is 12.1 Å². The molecule has 1 N–H and O–H groups in total. The Hall–Kier alpha value is -1.23. The van der Waals surface area contributed by atoms with Crippen molar-refractivity contribution in [2.75, 3.05) is 7.05 Å². The third-order valence-corrected chi connectivity index (χ3v) is 2.37. The fraction of sp³-hybridized carbons (Fsp3) is 0.556. The molecule has 76 valence electrons. The maximum atomic E-state index is 12.4. The molecule has 0 atom stereocenters. The Labute approximate surface area is 81.5 Å². The van der Waals surface area contributed by atoms with Crippen LogP contribution in [0.2, 0.25) is 0 Å². The van der Waals surface area contributed by atoms with Gasteiger partial charge in [0.25, 0.3) is 0 Å². The highest BCUT2D eigenvalue weighted by atomic mass is 19.1. The normalized spacial score (nSPS) is 25.6. The molecule has 0 saturated heterocycles. The van der Waals surface area contributed by atoms with Crippen molar-refractivity contribution < 1.29 is 9.13 Å². The summed E-state index contributed by atoms with van der Waals surface area (Å²) < 4.78 is 17.9. The molecule has 4 nitrogen and oxygen atoms in total. The van der Waals surface area contributed by atoms with Crippen molar-refractivity contribution in [2.24, 2.45) is 0 Å². The van der Waals surface area contributed by atoms with Gasteiger partial charge in [-0.25, -0.2) is 14.4 Å². The molecule has 1 aromatic heterocycles. The largest absolute Gasteiger partial charge is 0.460 e. The summed E-state index contributed by atoms with van der Waals surface area (Å²) in [7, 11) is 1.93. The van der Waals surface area contributed by atoms with Gasteiger partial charge in [0.15, 0.2) is 5.82 Å². The molecule has 0 spiro atoms. The third-order valence-electron chi connectivity index (χ3n) is 2.37. The first-order chi connectivity index (χ1) is 6.78. The van der Waals surface area contributed by atoms with Crippen molar-refractivity contribution in [3.05, 3.63) is 18.2 Å².